The van der Waals surface area contributed by atoms with Crippen LogP contribution in [0.25, 0.3) is 22.3 Å². The van der Waals surface area contributed by atoms with Crippen LogP contribution < -0.4 is 0 Å². The van der Waals surface area contributed by atoms with Crippen molar-refractivity contribution in [2.24, 2.45) is 0 Å². The van der Waals surface area contributed by atoms with Crippen molar-refractivity contribution in [2.45, 2.75) is 17.5 Å². The molecule has 3 aromatic rings. The summed E-state index contributed by atoms with van der Waals surface area (Å²) in [6.07, 6.45) is 6.03. The third-order valence-electron chi connectivity index (χ3n) is 4.72. The Morgan fingerprint density at radius 3 is 2.82 bits per heavy atom. The summed E-state index contributed by atoms with van der Waals surface area (Å²) in [5.41, 5.74) is -4.45. The van der Waals surface area contributed by atoms with Crippen molar-refractivity contribution in [3.8, 4) is 17.3 Å². The predicted molar refractivity (Wildman–Crippen MR) is 91.8 cm³/mol. The summed E-state index contributed by atoms with van der Waals surface area (Å²) in [6, 6.07) is 3.73. The molecule has 3 aromatic heterocycles. The van der Waals surface area contributed by atoms with Crippen LogP contribution in [0.5, 0.6) is 0 Å². The van der Waals surface area contributed by atoms with Crippen LogP contribution >= 0.6 is 0 Å². The van der Waals surface area contributed by atoms with Gasteiger partial charge in [0.25, 0.3) is 0 Å². The first kappa shape index (κ1) is 18.4. The summed E-state index contributed by atoms with van der Waals surface area (Å²) in [6.45, 7) is -0.736. The lowest BCUT2D eigenvalue weighted by molar-refractivity contribution is -0.0525. The smallest absolute Gasteiger partial charge is 0.346 e. The van der Waals surface area contributed by atoms with E-state index >= 15 is 0 Å². The Morgan fingerprint density at radius 1 is 1.39 bits per heavy atom. The third kappa shape index (κ3) is 2.64. The molecule has 1 aliphatic heterocycles. The Labute approximate surface area is 156 Å². The largest absolute Gasteiger partial charge is 0.492 e. The molecule has 0 amide bonds. The van der Waals surface area contributed by atoms with Gasteiger partial charge in [-0.05, 0) is 6.07 Å². The quantitative estimate of drug-likeness (QED) is 0.682. The molecule has 0 radical (unpaired) electrons. The minimum Gasteiger partial charge on any atom is -0.346 e. The van der Waals surface area contributed by atoms with Gasteiger partial charge in [-0.25, -0.2) is 23.3 Å². The lowest BCUT2D eigenvalue weighted by Crippen LogP contribution is -2.65. The van der Waals surface area contributed by atoms with Gasteiger partial charge in [-0.1, -0.05) is 0 Å². The highest BCUT2D eigenvalue weighted by molar-refractivity contribution is 7.91. The summed E-state index contributed by atoms with van der Waals surface area (Å²) in [5, 5.41) is 14.1. The minimum absolute atomic E-state index is 0.138. The molecule has 2 N–H and O–H groups in total. The van der Waals surface area contributed by atoms with Crippen molar-refractivity contribution < 1.29 is 17.4 Å². The average molecular weight is 410 g/mol. The molecule has 0 spiro atoms. The number of alkyl halides is 3. The SMILES string of the molecule is N#CCC1(n2cc(-c3ncnc4[nH]ccc34)cn2)CN([S@](=N)(=O)C(F)(F)F)C1. The number of rotatable bonds is 4. The lowest BCUT2D eigenvalue weighted by atomic mass is 9.89. The molecular weight excluding hydrogens is 397 g/mol. The number of nitriles is 1. The van der Waals surface area contributed by atoms with E-state index in [1.165, 1.54) is 17.2 Å². The number of aromatic amines is 1. The molecule has 1 aliphatic rings. The number of hydrogen-bond donors (Lipinski definition) is 2. The molecule has 0 unspecified atom stereocenters. The summed E-state index contributed by atoms with van der Waals surface area (Å²) in [7, 11) is -4.95. The van der Waals surface area contributed by atoms with E-state index in [0.29, 0.717) is 21.2 Å². The molecule has 13 heteroatoms. The molecule has 0 aromatic carbocycles. The Kier molecular flexibility index (Phi) is 3.95. The second kappa shape index (κ2) is 6.01. The number of halogens is 3. The summed E-state index contributed by atoms with van der Waals surface area (Å²) in [4.78, 5) is 11.3. The van der Waals surface area contributed by atoms with Crippen LogP contribution in [0.1, 0.15) is 6.42 Å². The van der Waals surface area contributed by atoms with Crippen molar-refractivity contribution in [1.82, 2.24) is 29.0 Å². The number of aromatic nitrogens is 5. The molecule has 1 fully saturated rings. The van der Waals surface area contributed by atoms with Gasteiger partial charge in [0.05, 0.1) is 24.4 Å². The molecule has 0 aliphatic carbocycles. The maximum absolute atomic E-state index is 12.9. The normalized spacial score (nSPS) is 19.1. The molecular formula is C15H13F3N8OS. The number of hydrogen-bond acceptors (Lipinski definition) is 6. The maximum Gasteiger partial charge on any atom is 0.492 e. The zero-order valence-electron chi connectivity index (χ0n) is 14.1. The van der Waals surface area contributed by atoms with Gasteiger partial charge in [-0.2, -0.15) is 23.5 Å². The van der Waals surface area contributed by atoms with E-state index in [1.54, 1.807) is 18.5 Å². The number of nitrogens with one attached hydrogen (secondary N) is 2. The molecule has 0 saturated carbocycles. The first-order valence-corrected chi connectivity index (χ1v) is 9.50. The fourth-order valence-corrected chi connectivity index (χ4v) is 4.37. The van der Waals surface area contributed by atoms with Gasteiger partial charge < -0.3 is 4.98 Å². The van der Waals surface area contributed by atoms with Gasteiger partial charge in [0.2, 0.25) is 9.92 Å². The van der Waals surface area contributed by atoms with E-state index < -0.39 is 21.0 Å². The molecule has 0 bridgehead atoms. The van der Waals surface area contributed by atoms with Crippen molar-refractivity contribution in [3.05, 3.63) is 31.0 Å². The second-order valence-electron chi connectivity index (χ2n) is 6.46. The number of fused-ring (bicyclic) bond motifs is 1. The highest BCUT2D eigenvalue weighted by Gasteiger charge is 2.56. The fourth-order valence-electron chi connectivity index (χ4n) is 3.23. The zero-order chi connectivity index (χ0) is 20.2. The van der Waals surface area contributed by atoms with Crippen molar-refractivity contribution in [1.29, 1.82) is 10.0 Å². The molecule has 1 atom stereocenters. The van der Waals surface area contributed by atoms with Crippen LogP contribution in [0, 0.1) is 16.1 Å². The van der Waals surface area contributed by atoms with Gasteiger partial charge in [0.1, 0.15) is 17.5 Å². The van der Waals surface area contributed by atoms with Crippen LogP contribution in [-0.2, 0) is 15.5 Å². The minimum atomic E-state index is -5.16. The molecule has 4 rings (SSSR count). The standard InChI is InChI=1S/C15H13F3N8OS/c16-15(17,18)28(20,27)25-7-14(8-25,2-3-19)26-6-10(5-24-26)12-11-1-4-21-13(11)23-9-22-12/h1,4-6,9,20H,2,7-8H2,(H,21,22,23)/t28-/m0/s1. The predicted octanol–water partition coefficient (Wildman–Crippen LogP) is 2.23. The molecule has 9 nitrogen and oxygen atoms in total. The monoisotopic (exact) mass is 410 g/mol. The highest BCUT2D eigenvalue weighted by Crippen LogP contribution is 2.40. The van der Waals surface area contributed by atoms with Gasteiger partial charge in [-0.3, -0.25) is 4.68 Å². The van der Waals surface area contributed by atoms with Gasteiger partial charge >= 0.3 is 5.51 Å². The van der Waals surface area contributed by atoms with Gasteiger partial charge in [-0.15, -0.1) is 0 Å². The lowest BCUT2D eigenvalue weighted by Gasteiger charge is -2.48. The van der Waals surface area contributed by atoms with Gasteiger partial charge in [0.15, 0.2) is 0 Å². The summed E-state index contributed by atoms with van der Waals surface area (Å²) >= 11 is 0. The number of H-pyrrole nitrogens is 1. The first-order chi connectivity index (χ1) is 13.2. The van der Waals surface area contributed by atoms with Crippen LogP contribution in [0.4, 0.5) is 13.2 Å². The molecule has 146 valence electrons. The maximum atomic E-state index is 12.9. The van der Waals surface area contributed by atoms with E-state index in [0.717, 1.165) is 5.39 Å². The highest BCUT2D eigenvalue weighted by atomic mass is 32.2. The third-order valence-corrected chi connectivity index (χ3v) is 6.34. The van der Waals surface area contributed by atoms with E-state index in [-0.39, 0.29) is 19.5 Å². The average Bonchev–Trinajstić information content (AvgIpc) is 3.25. The molecule has 4 heterocycles. The molecule has 28 heavy (non-hydrogen) atoms. The van der Waals surface area contributed by atoms with E-state index in [1.807, 2.05) is 6.07 Å². The van der Waals surface area contributed by atoms with Crippen molar-refractivity contribution in [3.63, 3.8) is 0 Å². The van der Waals surface area contributed by atoms with E-state index in [2.05, 4.69) is 20.1 Å². The summed E-state index contributed by atoms with van der Waals surface area (Å²) < 4.78 is 59.6. The van der Waals surface area contributed by atoms with E-state index in [4.69, 9.17) is 10.0 Å². The van der Waals surface area contributed by atoms with Gasteiger partial charge in [0, 0.05) is 36.4 Å². The Bertz CT molecular complexity index is 1180. The van der Waals surface area contributed by atoms with Crippen LogP contribution in [0.15, 0.2) is 31.0 Å². The van der Waals surface area contributed by atoms with E-state index in [9.17, 15) is 17.4 Å². The van der Waals surface area contributed by atoms with Crippen LogP contribution in [-0.4, -0.2) is 51.8 Å². The second-order valence-corrected chi connectivity index (χ2v) is 8.50. The van der Waals surface area contributed by atoms with Crippen molar-refractivity contribution >= 4 is 20.9 Å². The number of nitrogens with zero attached hydrogens (tertiary/aromatic N) is 6. The van der Waals surface area contributed by atoms with Crippen LogP contribution in [0.2, 0.25) is 0 Å². The molecule has 1 saturated heterocycles. The zero-order valence-corrected chi connectivity index (χ0v) is 15.0. The van der Waals surface area contributed by atoms with Crippen molar-refractivity contribution in [2.75, 3.05) is 13.1 Å². The summed E-state index contributed by atoms with van der Waals surface area (Å²) in [5.74, 6) is 0. The topological polar surface area (TPSA) is 127 Å². The Hall–Kier alpha value is -2.98. The fraction of sp³-hybridized carbons (Fsp3) is 0.333. The first-order valence-electron chi connectivity index (χ1n) is 7.99. The Morgan fingerprint density at radius 2 is 2.14 bits per heavy atom. The van der Waals surface area contributed by atoms with Crippen LogP contribution in [0.3, 0.4) is 0 Å². The Balaban J connectivity index is 1.67.